The molecule has 1 saturated heterocycles. The molecule has 0 saturated carbocycles. The second-order valence-corrected chi connectivity index (χ2v) is 4.57. The molecule has 1 aliphatic rings. The van der Waals surface area contributed by atoms with Gasteiger partial charge in [-0.2, -0.15) is 0 Å². The SMILES string of the molecule is CC1CN(C(=O)c2ccco2)CCC1Cl. The van der Waals surface area contributed by atoms with E-state index in [0.29, 0.717) is 18.2 Å². The van der Waals surface area contributed by atoms with E-state index in [9.17, 15) is 4.79 Å². The molecule has 15 heavy (non-hydrogen) atoms. The number of carbonyl (C=O) groups excluding carboxylic acids is 1. The number of furan rings is 1. The molecule has 4 heteroatoms. The van der Waals surface area contributed by atoms with E-state index in [4.69, 9.17) is 16.0 Å². The van der Waals surface area contributed by atoms with Gasteiger partial charge in [0.05, 0.1) is 6.26 Å². The summed E-state index contributed by atoms with van der Waals surface area (Å²) in [6, 6.07) is 3.42. The van der Waals surface area contributed by atoms with E-state index in [0.717, 1.165) is 13.0 Å². The Morgan fingerprint density at radius 3 is 3.07 bits per heavy atom. The zero-order valence-electron chi connectivity index (χ0n) is 8.65. The quantitative estimate of drug-likeness (QED) is 0.691. The lowest BCUT2D eigenvalue weighted by Crippen LogP contribution is -2.43. The minimum atomic E-state index is -0.0320. The fraction of sp³-hybridized carbons (Fsp3) is 0.545. The van der Waals surface area contributed by atoms with E-state index < -0.39 is 0 Å². The largest absolute Gasteiger partial charge is 0.459 e. The molecular weight excluding hydrogens is 214 g/mol. The topological polar surface area (TPSA) is 33.5 Å². The molecule has 1 aliphatic heterocycles. The summed E-state index contributed by atoms with van der Waals surface area (Å²) in [6.45, 7) is 3.50. The van der Waals surface area contributed by atoms with Crippen LogP contribution in [0.3, 0.4) is 0 Å². The van der Waals surface area contributed by atoms with Gasteiger partial charge in [-0.25, -0.2) is 0 Å². The Labute approximate surface area is 94.0 Å². The molecule has 1 amide bonds. The molecule has 1 aromatic heterocycles. The first-order valence-corrected chi connectivity index (χ1v) is 5.59. The number of likely N-dealkylation sites (tertiary alicyclic amines) is 1. The number of hydrogen-bond acceptors (Lipinski definition) is 2. The van der Waals surface area contributed by atoms with E-state index in [1.165, 1.54) is 6.26 Å². The molecule has 2 rings (SSSR count). The number of carbonyl (C=O) groups is 1. The Kier molecular flexibility index (Phi) is 3.00. The Morgan fingerprint density at radius 2 is 2.47 bits per heavy atom. The van der Waals surface area contributed by atoms with Gasteiger partial charge in [-0.3, -0.25) is 4.79 Å². The molecule has 2 unspecified atom stereocenters. The van der Waals surface area contributed by atoms with Crippen molar-refractivity contribution in [1.82, 2.24) is 4.90 Å². The van der Waals surface area contributed by atoms with Crippen LogP contribution in [0.15, 0.2) is 22.8 Å². The van der Waals surface area contributed by atoms with Crippen molar-refractivity contribution in [1.29, 1.82) is 0 Å². The normalized spacial score (nSPS) is 26.7. The van der Waals surface area contributed by atoms with Crippen LogP contribution in [0.1, 0.15) is 23.9 Å². The predicted octanol–water partition coefficient (Wildman–Crippen LogP) is 2.37. The Balaban J connectivity index is 2.03. The van der Waals surface area contributed by atoms with Crippen molar-refractivity contribution in [3.63, 3.8) is 0 Å². The van der Waals surface area contributed by atoms with Crippen molar-refractivity contribution in [2.24, 2.45) is 5.92 Å². The van der Waals surface area contributed by atoms with Crippen LogP contribution in [-0.4, -0.2) is 29.3 Å². The van der Waals surface area contributed by atoms with Crippen LogP contribution in [0.2, 0.25) is 0 Å². The lowest BCUT2D eigenvalue weighted by Gasteiger charge is -2.33. The smallest absolute Gasteiger partial charge is 0.289 e. The minimum Gasteiger partial charge on any atom is -0.459 e. The van der Waals surface area contributed by atoms with Gasteiger partial charge in [-0.15, -0.1) is 11.6 Å². The maximum Gasteiger partial charge on any atom is 0.289 e. The maximum atomic E-state index is 11.9. The standard InChI is InChI=1S/C11H14ClNO2/c1-8-7-13(5-4-9(8)12)11(14)10-3-2-6-15-10/h2-3,6,8-9H,4-5,7H2,1H3. The highest BCUT2D eigenvalue weighted by molar-refractivity contribution is 6.20. The van der Waals surface area contributed by atoms with E-state index >= 15 is 0 Å². The Bertz CT molecular complexity index is 336. The highest BCUT2D eigenvalue weighted by Gasteiger charge is 2.28. The Morgan fingerprint density at radius 1 is 1.67 bits per heavy atom. The number of halogens is 1. The van der Waals surface area contributed by atoms with Crippen LogP contribution in [0, 0.1) is 5.92 Å². The van der Waals surface area contributed by atoms with Gasteiger partial charge >= 0.3 is 0 Å². The van der Waals surface area contributed by atoms with E-state index in [1.54, 1.807) is 12.1 Å². The predicted molar refractivity (Wildman–Crippen MR) is 58.0 cm³/mol. The van der Waals surface area contributed by atoms with Crippen LogP contribution in [0.5, 0.6) is 0 Å². The second-order valence-electron chi connectivity index (χ2n) is 4.01. The number of nitrogens with zero attached hydrogens (tertiary/aromatic N) is 1. The van der Waals surface area contributed by atoms with E-state index in [2.05, 4.69) is 6.92 Å². The van der Waals surface area contributed by atoms with Gasteiger partial charge in [-0.1, -0.05) is 6.92 Å². The number of hydrogen-bond donors (Lipinski definition) is 0. The zero-order chi connectivity index (χ0) is 10.8. The van der Waals surface area contributed by atoms with Gasteiger partial charge in [-0.05, 0) is 24.5 Å². The van der Waals surface area contributed by atoms with Crippen LogP contribution in [0.25, 0.3) is 0 Å². The molecule has 1 aromatic rings. The summed E-state index contributed by atoms with van der Waals surface area (Å²) in [4.78, 5) is 13.7. The number of rotatable bonds is 1. The monoisotopic (exact) mass is 227 g/mol. The van der Waals surface area contributed by atoms with Crippen molar-refractivity contribution in [3.8, 4) is 0 Å². The number of alkyl halides is 1. The molecule has 82 valence electrons. The van der Waals surface area contributed by atoms with Gasteiger partial charge in [0.1, 0.15) is 0 Å². The lowest BCUT2D eigenvalue weighted by atomic mass is 9.99. The van der Waals surface area contributed by atoms with Crippen LogP contribution in [0.4, 0.5) is 0 Å². The summed E-state index contributed by atoms with van der Waals surface area (Å²) in [6.07, 6.45) is 2.38. The van der Waals surface area contributed by atoms with Crippen molar-refractivity contribution in [2.75, 3.05) is 13.1 Å². The van der Waals surface area contributed by atoms with Gasteiger partial charge in [0.2, 0.25) is 0 Å². The Hall–Kier alpha value is -0.960. The second kappa shape index (κ2) is 4.27. The molecule has 2 heterocycles. The minimum absolute atomic E-state index is 0.0320. The van der Waals surface area contributed by atoms with E-state index in [1.807, 2.05) is 4.90 Å². The van der Waals surface area contributed by atoms with Gasteiger partial charge in [0.15, 0.2) is 5.76 Å². The molecule has 0 aliphatic carbocycles. The summed E-state index contributed by atoms with van der Waals surface area (Å²) in [7, 11) is 0. The van der Waals surface area contributed by atoms with Gasteiger partial charge < -0.3 is 9.32 Å². The van der Waals surface area contributed by atoms with Gasteiger partial charge in [0, 0.05) is 18.5 Å². The highest BCUT2D eigenvalue weighted by Crippen LogP contribution is 2.22. The fourth-order valence-electron chi connectivity index (χ4n) is 1.86. The third kappa shape index (κ3) is 2.17. The maximum absolute atomic E-state index is 11.9. The average Bonchev–Trinajstić information content (AvgIpc) is 2.74. The number of amides is 1. The summed E-state index contributed by atoms with van der Waals surface area (Å²) < 4.78 is 5.09. The molecule has 3 nitrogen and oxygen atoms in total. The van der Waals surface area contributed by atoms with Crippen molar-refractivity contribution < 1.29 is 9.21 Å². The third-order valence-corrected chi connectivity index (χ3v) is 3.47. The number of piperidine rings is 1. The average molecular weight is 228 g/mol. The molecule has 0 aromatic carbocycles. The summed E-state index contributed by atoms with van der Waals surface area (Å²) in [5, 5.41) is 0.186. The molecule has 0 spiro atoms. The van der Waals surface area contributed by atoms with Gasteiger partial charge in [0.25, 0.3) is 5.91 Å². The fourth-order valence-corrected chi connectivity index (χ4v) is 2.03. The van der Waals surface area contributed by atoms with Crippen LogP contribution in [-0.2, 0) is 0 Å². The molecule has 0 radical (unpaired) electrons. The molecule has 2 atom stereocenters. The molecule has 0 N–H and O–H groups in total. The molecule has 0 bridgehead atoms. The zero-order valence-corrected chi connectivity index (χ0v) is 9.41. The third-order valence-electron chi connectivity index (χ3n) is 2.82. The van der Waals surface area contributed by atoms with Crippen LogP contribution < -0.4 is 0 Å². The molecule has 1 fully saturated rings. The van der Waals surface area contributed by atoms with Crippen molar-refractivity contribution in [2.45, 2.75) is 18.7 Å². The first-order chi connectivity index (χ1) is 7.18. The van der Waals surface area contributed by atoms with E-state index in [-0.39, 0.29) is 11.3 Å². The summed E-state index contributed by atoms with van der Waals surface area (Å²) in [5.41, 5.74) is 0. The van der Waals surface area contributed by atoms with Crippen molar-refractivity contribution >= 4 is 17.5 Å². The first kappa shape index (κ1) is 10.6. The summed E-state index contributed by atoms with van der Waals surface area (Å²) in [5.74, 6) is 0.727. The molecular formula is C11H14ClNO2. The first-order valence-electron chi connectivity index (χ1n) is 5.15. The lowest BCUT2D eigenvalue weighted by molar-refractivity contribution is 0.0655. The highest BCUT2D eigenvalue weighted by atomic mass is 35.5. The summed E-state index contributed by atoms with van der Waals surface area (Å²) >= 11 is 6.10. The van der Waals surface area contributed by atoms with Crippen LogP contribution >= 0.6 is 11.6 Å². The van der Waals surface area contributed by atoms with Crippen molar-refractivity contribution in [3.05, 3.63) is 24.2 Å².